The molecule has 5 rings (SSSR count). The fourth-order valence-electron chi connectivity index (χ4n) is 4.08. The van der Waals surface area contributed by atoms with Gasteiger partial charge in [-0.1, -0.05) is 60.7 Å². The van der Waals surface area contributed by atoms with E-state index in [1.54, 1.807) is 4.57 Å². The van der Waals surface area contributed by atoms with Gasteiger partial charge in [-0.25, -0.2) is 4.98 Å². The second kappa shape index (κ2) is 6.95. The van der Waals surface area contributed by atoms with Crippen LogP contribution < -0.4 is 11.3 Å². The fraction of sp³-hybridized carbons (Fsp3) is 0.167. The maximum atomic E-state index is 13.4. The van der Waals surface area contributed by atoms with Gasteiger partial charge in [-0.3, -0.25) is 9.36 Å². The third-order valence-corrected chi connectivity index (χ3v) is 5.51. The van der Waals surface area contributed by atoms with Gasteiger partial charge in [-0.05, 0) is 30.2 Å². The molecule has 3 aromatic carbocycles. The van der Waals surface area contributed by atoms with Gasteiger partial charge in [0.05, 0.1) is 29.2 Å². The van der Waals surface area contributed by atoms with E-state index < -0.39 is 6.04 Å². The standard InChI is InChI=1S/C24H21N3O2/c1-15-8-7-12-18-20(15)24(28)27-19-13-6-5-11-17(19)22(21(25)23(27)26-18)29-14-16-9-3-2-4-10-16/h2-13,21-22H,14,25H2,1H3. The lowest BCUT2D eigenvalue weighted by Gasteiger charge is -2.33. The third-order valence-electron chi connectivity index (χ3n) is 5.51. The molecule has 1 aliphatic heterocycles. The molecule has 5 nitrogen and oxygen atoms in total. The lowest BCUT2D eigenvalue weighted by atomic mass is 9.95. The van der Waals surface area contributed by atoms with Crippen molar-refractivity contribution >= 4 is 10.9 Å². The topological polar surface area (TPSA) is 70.1 Å². The molecular weight excluding hydrogens is 362 g/mol. The Morgan fingerprint density at radius 2 is 1.76 bits per heavy atom. The number of hydrogen-bond donors (Lipinski definition) is 1. The number of nitrogens with zero attached hydrogens (tertiary/aromatic N) is 2. The Morgan fingerprint density at radius 1 is 1.00 bits per heavy atom. The largest absolute Gasteiger partial charge is 0.367 e. The van der Waals surface area contributed by atoms with Crippen molar-refractivity contribution < 1.29 is 4.74 Å². The summed E-state index contributed by atoms with van der Waals surface area (Å²) in [5.41, 5.74) is 10.9. The summed E-state index contributed by atoms with van der Waals surface area (Å²) in [6.07, 6.45) is -0.388. The Labute approximate surface area is 168 Å². The molecule has 4 aromatic rings. The van der Waals surface area contributed by atoms with Crippen LogP contribution >= 0.6 is 0 Å². The summed E-state index contributed by atoms with van der Waals surface area (Å²) in [6, 6.07) is 22.9. The van der Waals surface area contributed by atoms with Gasteiger partial charge >= 0.3 is 0 Å². The number of aromatic nitrogens is 2. The van der Waals surface area contributed by atoms with Crippen molar-refractivity contribution in [1.82, 2.24) is 9.55 Å². The van der Waals surface area contributed by atoms with E-state index >= 15 is 0 Å². The molecule has 0 radical (unpaired) electrons. The number of benzene rings is 3. The summed E-state index contributed by atoms with van der Waals surface area (Å²) in [4.78, 5) is 18.2. The van der Waals surface area contributed by atoms with Crippen LogP contribution in [0.1, 0.15) is 34.7 Å². The number of aryl methyl sites for hydroxylation is 1. The lowest BCUT2D eigenvalue weighted by molar-refractivity contribution is 0.0163. The Bertz CT molecular complexity index is 1260. The number of rotatable bonds is 3. The number of ether oxygens (including phenoxy) is 1. The molecule has 2 atom stereocenters. The molecule has 5 heteroatoms. The van der Waals surface area contributed by atoms with Crippen molar-refractivity contribution in [2.24, 2.45) is 5.73 Å². The molecule has 0 fully saturated rings. The zero-order chi connectivity index (χ0) is 20.0. The highest BCUT2D eigenvalue weighted by Crippen LogP contribution is 2.39. The second-order valence-corrected chi connectivity index (χ2v) is 7.38. The number of nitrogens with two attached hydrogens (primary N) is 1. The minimum atomic E-state index is -0.550. The van der Waals surface area contributed by atoms with Crippen LogP contribution in [0.3, 0.4) is 0 Å². The zero-order valence-corrected chi connectivity index (χ0v) is 16.1. The third kappa shape index (κ3) is 2.87. The molecule has 0 aliphatic carbocycles. The van der Waals surface area contributed by atoms with Gasteiger partial charge in [0, 0.05) is 5.56 Å². The van der Waals surface area contributed by atoms with E-state index in [2.05, 4.69) is 0 Å². The average molecular weight is 383 g/mol. The number of para-hydroxylation sites is 1. The van der Waals surface area contributed by atoms with E-state index in [0.717, 1.165) is 22.4 Å². The van der Waals surface area contributed by atoms with Gasteiger partial charge in [0.15, 0.2) is 0 Å². The second-order valence-electron chi connectivity index (χ2n) is 7.38. The summed E-state index contributed by atoms with van der Waals surface area (Å²) in [7, 11) is 0. The fourth-order valence-corrected chi connectivity index (χ4v) is 4.08. The van der Waals surface area contributed by atoms with Crippen LogP contribution in [0.2, 0.25) is 0 Å². The van der Waals surface area contributed by atoms with Crippen LogP contribution in [0.4, 0.5) is 0 Å². The van der Waals surface area contributed by atoms with Gasteiger partial charge in [0.1, 0.15) is 11.9 Å². The molecule has 0 saturated heterocycles. The van der Waals surface area contributed by atoms with Gasteiger partial charge < -0.3 is 10.5 Å². The highest BCUT2D eigenvalue weighted by Gasteiger charge is 2.34. The highest BCUT2D eigenvalue weighted by atomic mass is 16.5. The Kier molecular flexibility index (Phi) is 4.27. The highest BCUT2D eigenvalue weighted by molar-refractivity contribution is 5.81. The molecule has 2 N–H and O–H groups in total. The van der Waals surface area contributed by atoms with Crippen molar-refractivity contribution in [2.45, 2.75) is 25.7 Å². The first-order valence-electron chi connectivity index (χ1n) is 9.68. The van der Waals surface area contributed by atoms with Crippen molar-refractivity contribution in [2.75, 3.05) is 0 Å². The molecule has 0 saturated carbocycles. The molecule has 2 heterocycles. The monoisotopic (exact) mass is 383 g/mol. The minimum Gasteiger partial charge on any atom is -0.367 e. The first-order valence-corrected chi connectivity index (χ1v) is 9.68. The van der Waals surface area contributed by atoms with Crippen molar-refractivity contribution in [3.63, 3.8) is 0 Å². The van der Waals surface area contributed by atoms with Gasteiger partial charge in [-0.2, -0.15) is 0 Å². The van der Waals surface area contributed by atoms with Crippen LogP contribution in [0.15, 0.2) is 77.6 Å². The van der Waals surface area contributed by atoms with E-state index in [-0.39, 0.29) is 11.7 Å². The predicted molar refractivity (Wildman–Crippen MR) is 113 cm³/mol. The Morgan fingerprint density at radius 3 is 2.59 bits per heavy atom. The van der Waals surface area contributed by atoms with Crippen molar-refractivity contribution in [1.29, 1.82) is 0 Å². The molecule has 0 amide bonds. The summed E-state index contributed by atoms with van der Waals surface area (Å²) in [6.45, 7) is 2.36. The molecule has 29 heavy (non-hydrogen) atoms. The molecular formula is C24H21N3O2. The summed E-state index contributed by atoms with van der Waals surface area (Å²) < 4.78 is 7.91. The normalized spacial score (nSPS) is 17.7. The molecule has 144 valence electrons. The van der Waals surface area contributed by atoms with Crippen LogP contribution in [0.5, 0.6) is 0 Å². The van der Waals surface area contributed by atoms with Crippen LogP contribution in [-0.2, 0) is 11.3 Å². The Hall–Kier alpha value is -3.28. The first-order chi connectivity index (χ1) is 14.1. The maximum Gasteiger partial charge on any atom is 0.266 e. The minimum absolute atomic E-state index is 0.0903. The van der Waals surface area contributed by atoms with E-state index in [1.807, 2.05) is 79.7 Å². The van der Waals surface area contributed by atoms with Crippen molar-refractivity contribution in [3.05, 3.63) is 106 Å². The zero-order valence-electron chi connectivity index (χ0n) is 16.1. The average Bonchev–Trinajstić information content (AvgIpc) is 2.74. The summed E-state index contributed by atoms with van der Waals surface area (Å²) in [5, 5.41) is 0.627. The van der Waals surface area contributed by atoms with Crippen molar-refractivity contribution in [3.8, 4) is 5.69 Å². The van der Waals surface area contributed by atoms with Crippen LogP contribution in [-0.4, -0.2) is 9.55 Å². The first kappa shape index (κ1) is 17.8. The molecule has 1 aliphatic rings. The van der Waals surface area contributed by atoms with Gasteiger partial charge in [0.25, 0.3) is 5.56 Å². The number of fused-ring (bicyclic) bond motifs is 4. The van der Waals surface area contributed by atoms with Gasteiger partial charge in [-0.15, -0.1) is 0 Å². The van der Waals surface area contributed by atoms with E-state index in [9.17, 15) is 4.79 Å². The Balaban J connectivity index is 1.67. The smallest absolute Gasteiger partial charge is 0.266 e. The van der Waals surface area contributed by atoms with E-state index in [1.165, 1.54) is 0 Å². The summed E-state index contributed by atoms with van der Waals surface area (Å²) >= 11 is 0. The molecule has 0 spiro atoms. The van der Waals surface area contributed by atoms with E-state index in [4.69, 9.17) is 15.5 Å². The number of hydrogen-bond acceptors (Lipinski definition) is 4. The van der Waals surface area contributed by atoms with E-state index in [0.29, 0.717) is 23.3 Å². The lowest BCUT2D eigenvalue weighted by Crippen LogP contribution is -2.37. The van der Waals surface area contributed by atoms with Crippen LogP contribution in [0, 0.1) is 6.92 Å². The molecule has 0 bridgehead atoms. The maximum absolute atomic E-state index is 13.4. The predicted octanol–water partition coefficient (Wildman–Crippen LogP) is 3.97. The molecule has 2 unspecified atom stereocenters. The molecule has 1 aromatic heterocycles. The SMILES string of the molecule is Cc1cccc2nc3n(c(=O)c12)-c1ccccc1C(OCc1ccccc1)C3N. The quantitative estimate of drug-likeness (QED) is 0.581. The van der Waals surface area contributed by atoms with Crippen LogP contribution in [0.25, 0.3) is 16.6 Å². The van der Waals surface area contributed by atoms with Gasteiger partial charge in [0.2, 0.25) is 0 Å². The summed E-state index contributed by atoms with van der Waals surface area (Å²) in [5.74, 6) is 0.532.